The van der Waals surface area contributed by atoms with Crippen LogP contribution in [0.25, 0.3) is 15.4 Å². The van der Waals surface area contributed by atoms with Gasteiger partial charge in [0.05, 0.1) is 17.0 Å². The van der Waals surface area contributed by atoms with E-state index in [9.17, 15) is 18.4 Å². The molecule has 208 valence electrons. The Hall–Kier alpha value is -3.59. The minimum atomic E-state index is -0.882. The first kappa shape index (κ1) is 26.6. The molecule has 0 radical (unpaired) electrons. The summed E-state index contributed by atoms with van der Waals surface area (Å²) >= 11 is 1.49. The van der Waals surface area contributed by atoms with Gasteiger partial charge in [0.2, 0.25) is 0 Å². The van der Waals surface area contributed by atoms with Gasteiger partial charge in [-0.2, -0.15) is 0 Å². The van der Waals surface area contributed by atoms with E-state index in [0.717, 1.165) is 54.3 Å². The van der Waals surface area contributed by atoms with E-state index in [2.05, 4.69) is 34.6 Å². The number of fused-ring (bicyclic) bond motifs is 1. The van der Waals surface area contributed by atoms with Crippen LogP contribution in [0.4, 0.5) is 8.78 Å². The summed E-state index contributed by atoms with van der Waals surface area (Å²) in [6, 6.07) is 12.0. The molecule has 2 aromatic carbocycles. The Morgan fingerprint density at radius 3 is 2.50 bits per heavy atom. The van der Waals surface area contributed by atoms with Gasteiger partial charge in [0, 0.05) is 24.4 Å². The molecule has 1 N–H and O–H groups in total. The lowest BCUT2D eigenvalue weighted by molar-refractivity contribution is -0.144. The van der Waals surface area contributed by atoms with Crippen LogP contribution in [0.3, 0.4) is 0 Å². The normalized spacial score (nSPS) is 19.9. The van der Waals surface area contributed by atoms with Crippen LogP contribution in [0.2, 0.25) is 0 Å². The monoisotopic (exact) mass is 563 g/mol. The number of carbonyl (C=O) groups excluding carboxylic acids is 2. The van der Waals surface area contributed by atoms with Crippen molar-refractivity contribution in [1.29, 1.82) is 0 Å². The van der Waals surface area contributed by atoms with E-state index in [1.807, 2.05) is 17.5 Å². The van der Waals surface area contributed by atoms with E-state index in [0.29, 0.717) is 42.7 Å². The number of nitrogens with zero attached hydrogens (tertiary/aromatic N) is 2. The van der Waals surface area contributed by atoms with Gasteiger partial charge in [0.1, 0.15) is 17.3 Å². The molecule has 2 saturated carbocycles. The maximum Gasteiger partial charge on any atom is 0.306 e. The SMILES string of the molecule is CCOC(=O)CC1CCC(c2ccc(-c3cn4cc(C(=O)NC5(c6cc(F)ccc6F)CC5)nc4s3)cc2)CC1. The van der Waals surface area contributed by atoms with Crippen LogP contribution in [0.15, 0.2) is 54.9 Å². The maximum absolute atomic E-state index is 14.3. The first-order valence-corrected chi connectivity index (χ1v) is 14.7. The van der Waals surface area contributed by atoms with Gasteiger partial charge in [-0.3, -0.25) is 14.0 Å². The smallest absolute Gasteiger partial charge is 0.306 e. The highest BCUT2D eigenvalue weighted by Crippen LogP contribution is 2.47. The molecule has 6 nitrogen and oxygen atoms in total. The van der Waals surface area contributed by atoms with Gasteiger partial charge in [0.25, 0.3) is 5.91 Å². The summed E-state index contributed by atoms with van der Waals surface area (Å²) in [5.41, 5.74) is 1.95. The van der Waals surface area contributed by atoms with Crippen LogP contribution in [-0.2, 0) is 15.1 Å². The number of aromatic nitrogens is 2. The number of amides is 1. The number of hydrogen-bond donors (Lipinski definition) is 1. The molecule has 2 heterocycles. The molecule has 2 aliphatic rings. The summed E-state index contributed by atoms with van der Waals surface area (Å²) in [4.78, 5) is 31.0. The Balaban J connectivity index is 1.09. The molecule has 0 bridgehead atoms. The van der Waals surface area contributed by atoms with Crippen molar-refractivity contribution in [3.63, 3.8) is 0 Å². The minimum Gasteiger partial charge on any atom is -0.466 e. The maximum atomic E-state index is 14.3. The number of halogens is 2. The van der Waals surface area contributed by atoms with E-state index >= 15 is 0 Å². The number of ether oxygens (including phenoxy) is 1. The number of thiazole rings is 1. The zero-order valence-electron chi connectivity index (χ0n) is 22.3. The number of imidazole rings is 1. The van der Waals surface area contributed by atoms with Crippen molar-refractivity contribution in [3.8, 4) is 10.4 Å². The average molecular weight is 564 g/mol. The molecule has 2 aromatic heterocycles. The second-order valence-electron chi connectivity index (χ2n) is 10.9. The number of carbonyl (C=O) groups is 2. The van der Waals surface area contributed by atoms with Crippen molar-refractivity contribution >= 4 is 28.2 Å². The van der Waals surface area contributed by atoms with E-state index in [4.69, 9.17) is 4.74 Å². The molecule has 0 spiro atoms. The third-order valence-corrected chi connectivity index (χ3v) is 9.26. The van der Waals surface area contributed by atoms with Crippen LogP contribution in [0, 0.1) is 17.6 Å². The molecular formula is C31H31F2N3O3S. The summed E-state index contributed by atoms with van der Waals surface area (Å²) in [5.74, 6) is -0.622. The number of benzene rings is 2. The predicted octanol–water partition coefficient (Wildman–Crippen LogP) is 6.99. The van der Waals surface area contributed by atoms with Crippen LogP contribution < -0.4 is 5.32 Å². The highest BCUT2D eigenvalue weighted by Gasteiger charge is 2.48. The van der Waals surface area contributed by atoms with Gasteiger partial charge in [-0.1, -0.05) is 35.6 Å². The summed E-state index contributed by atoms with van der Waals surface area (Å²) in [6.07, 6.45) is 9.50. The van der Waals surface area contributed by atoms with Crippen LogP contribution in [0.1, 0.15) is 79.4 Å². The molecule has 9 heteroatoms. The number of hydrogen-bond acceptors (Lipinski definition) is 5. The van der Waals surface area contributed by atoms with Gasteiger partial charge in [-0.25, -0.2) is 13.8 Å². The second-order valence-corrected chi connectivity index (χ2v) is 11.9. The van der Waals surface area contributed by atoms with E-state index in [1.54, 1.807) is 6.20 Å². The Kier molecular flexibility index (Phi) is 7.16. The fourth-order valence-corrected chi connectivity index (χ4v) is 6.82. The molecule has 2 aliphatic carbocycles. The van der Waals surface area contributed by atoms with Crippen molar-refractivity contribution in [2.75, 3.05) is 6.61 Å². The Bertz CT molecular complexity index is 1520. The topological polar surface area (TPSA) is 72.7 Å². The van der Waals surface area contributed by atoms with Gasteiger partial charge < -0.3 is 10.1 Å². The third-order valence-electron chi connectivity index (χ3n) is 8.21. The molecule has 40 heavy (non-hydrogen) atoms. The van der Waals surface area contributed by atoms with Crippen molar-refractivity contribution in [2.45, 2.75) is 63.3 Å². The lowest BCUT2D eigenvalue weighted by atomic mass is 9.77. The largest absolute Gasteiger partial charge is 0.466 e. The number of esters is 1. The first-order chi connectivity index (χ1) is 19.3. The molecule has 0 unspecified atom stereocenters. The average Bonchev–Trinajstić information content (AvgIpc) is 3.43. The molecule has 6 rings (SSSR count). The molecule has 1 amide bonds. The molecule has 0 aliphatic heterocycles. The first-order valence-electron chi connectivity index (χ1n) is 13.9. The molecule has 2 fully saturated rings. The summed E-state index contributed by atoms with van der Waals surface area (Å²) in [6.45, 7) is 2.28. The van der Waals surface area contributed by atoms with E-state index in [1.165, 1.54) is 16.9 Å². The lowest BCUT2D eigenvalue weighted by Gasteiger charge is -2.28. The fourth-order valence-electron chi connectivity index (χ4n) is 5.85. The second kappa shape index (κ2) is 10.8. The van der Waals surface area contributed by atoms with Gasteiger partial charge in [-0.05, 0) is 86.6 Å². The molecule has 0 atom stereocenters. The van der Waals surface area contributed by atoms with Crippen LogP contribution in [-0.4, -0.2) is 27.9 Å². The standard InChI is InChI=1S/C31H31F2N3O3S/c1-2-39-28(37)15-19-3-5-20(6-4-19)21-7-9-22(10-8-21)27-18-36-17-26(34-30(36)40-27)29(38)35-31(13-14-31)24-16-23(32)11-12-25(24)33/h7-12,16-20H,2-6,13-15H2,1H3,(H,35,38). The van der Waals surface area contributed by atoms with Gasteiger partial charge in [0.15, 0.2) is 4.96 Å². The van der Waals surface area contributed by atoms with E-state index < -0.39 is 23.1 Å². The molecule has 4 aromatic rings. The highest BCUT2D eigenvalue weighted by atomic mass is 32.1. The Morgan fingerprint density at radius 1 is 1.07 bits per heavy atom. The molecular weight excluding hydrogens is 532 g/mol. The summed E-state index contributed by atoms with van der Waals surface area (Å²) in [5, 5.41) is 2.88. The zero-order valence-corrected chi connectivity index (χ0v) is 23.1. The quantitative estimate of drug-likeness (QED) is 0.235. The Morgan fingerprint density at radius 2 is 1.82 bits per heavy atom. The fraction of sp³-hybridized carbons (Fsp3) is 0.387. The van der Waals surface area contributed by atoms with Crippen molar-refractivity contribution in [3.05, 3.63) is 83.3 Å². The van der Waals surface area contributed by atoms with Crippen molar-refractivity contribution < 1.29 is 23.1 Å². The highest BCUT2D eigenvalue weighted by molar-refractivity contribution is 7.20. The summed E-state index contributed by atoms with van der Waals surface area (Å²) < 4.78 is 35.0. The number of nitrogens with one attached hydrogen (secondary N) is 1. The number of rotatable bonds is 8. The predicted molar refractivity (Wildman–Crippen MR) is 149 cm³/mol. The van der Waals surface area contributed by atoms with Gasteiger partial charge in [-0.15, -0.1) is 0 Å². The van der Waals surface area contributed by atoms with Crippen molar-refractivity contribution in [1.82, 2.24) is 14.7 Å². The van der Waals surface area contributed by atoms with Crippen molar-refractivity contribution in [2.24, 2.45) is 5.92 Å². The lowest BCUT2D eigenvalue weighted by Crippen LogP contribution is -2.35. The minimum absolute atomic E-state index is 0.0866. The molecule has 0 saturated heterocycles. The van der Waals surface area contributed by atoms with Gasteiger partial charge >= 0.3 is 5.97 Å². The summed E-state index contributed by atoms with van der Waals surface area (Å²) in [7, 11) is 0. The van der Waals surface area contributed by atoms with Crippen LogP contribution >= 0.6 is 11.3 Å². The van der Waals surface area contributed by atoms with E-state index in [-0.39, 0.29) is 17.2 Å². The van der Waals surface area contributed by atoms with Crippen LogP contribution in [0.5, 0.6) is 0 Å². The Labute approximate surface area is 235 Å². The third kappa shape index (κ3) is 5.39. The zero-order chi connectivity index (χ0) is 27.9.